The molecule has 3 aliphatic rings. The van der Waals surface area contributed by atoms with Gasteiger partial charge >= 0.3 is 0 Å². The van der Waals surface area contributed by atoms with Gasteiger partial charge in [-0.25, -0.2) is 0 Å². The Labute approximate surface area is 97.0 Å². The average Bonchev–Trinajstić information content (AvgIpc) is 2.29. The molecule has 3 heteroatoms. The lowest BCUT2D eigenvalue weighted by Gasteiger charge is -2.47. The Morgan fingerprint density at radius 1 is 1.33 bits per heavy atom. The zero-order chi connectivity index (χ0) is 11.1. The summed E-state index contributed by atoms with van der Waals surface area (Å²) in [5, 5.41) is 0. The van der Waals surface area contributed by atoms with Crippen molar-refractivity contribution in [3.05, 3.63) is 0 Å². The third-order valence-electron chi connectivity index (χ3n) is 3.89. The molecule has 1 amide bonds. The number of alkyl halides is 1. The number of hydrogen-bond donors (Lipinski definition) is 0. The summed E-state index contributed by atoms with van der Waals surface area (Å²) in [4.78, 5) is 14.4. The Morgan fingerprint density at radius 3 is 2.33 bits per heavy atom. The molecule has 15 heavy (non-hydrogen) atoms. The molecule has 2 saturated heterocycles. The number of carbonyl (C=O) groups is 1. The first kappa shape index (κ1) is 11.3. The molecule has 0 aromatic rings. The van der Waals surface area contributed by atoms with Crippen molar-refractivity contribution in [1.82, 2.24) is 4.90 Å². The van der Waals surface area contributed by atoms with Crippen molar-refractivity contribution in [1.29, 1.82) is 0 Å². The molecule has 2 bridgehead atoms. The van der Waals surface area contributed by atoms with Crippen LogP contribution in [0, 0.1) is 11.3 Å². The lowest BCUT2D eigenvalue weighted by molar-refractivity contribution is -0.147. The Hall–Kier alpha value is -0.240. The van der Waals surface area contributed by atoms with E-state index >= 15 is 0 Å². The predicted octanol–water partition coefficient (Wildman–Crippen LogP) is 2.65. The van der Waals surface area contributed by atoms with Crippen LogP contribution in [0.25, 0.3) is 0 Å². The molecule has 1 saturated carbocycles. The van der Waals surface area contributed by atoms with Gasteiger partial charge in [0.05, 0.1) is 5.41 Å². The third-order valence-corrected chi connectivity index (χ3v) is 4.55. The summed E-state index contributed by atoms with van der Waals surface area (Å²) >= 11 is 5.86. The van der Waals surface area contributed by atoms with Crippen LogP contribution in [0.2, 0.25) is 0 Å². The second kappa shape index (κ2) is 3.97. The fourth-order valence-corrected chi connectivity index (χ4v) is 2.88. The molecular weight excluding hydrogens is 210 g/mol. The second-order valence-electron chi connectivity index (χ2n) is 5.65. The number of amides is 1. The minimum absolute atomic E-state index is 0.256. The number of halogens is 1. The quantitative estimate of drug-likeness (QED) is 0.667. The van der Waals surface area contributed by atoms with E-state index < -0.39 is 0 Å². The molecule has 3 rings (SSSR count). The van der Waals surface area contributed by atoms with Crippen LogP contribution >= 0.6 is 11.6 Å². The molecule has 86 valence electrons. The summed E-state index contributed by atoms with van der Waals surface area (Å²) in [5.74, 6) is 1.43. The SMILES string of the molecule is CC(C)(CCl)C(=O)N1CC2CCC1CC2. The highest BCUT2D eigenvalue weighted by molar-refractivity contribution is 6.19. The van der Waals surface area contributed by atoms with Gasteiger partial charge in [0.1, 0.15) is 0 Å². The van der Waals surface area contributed by atoms with E-state index in [-0.39, 0.29) is 11.3 Å². The van der Waals surface area contributed by atoms with E-state index in [2.05, 4.69) is 4.90 Å². The van der Waals surface area contributed by atoms with Crippen molar-refractivity contribution in [2.24, 2.45) is 11.3 Å². The van der Waals surface area contributed by atoms with Crippen LogP contribution in [-0.4, -0.2) is 29.3 Å². The lowest BCUT2D eigenvalue weighted by atomic mass is 9.78. The highest BCUT2D eigenvalue weighted by Crippen LogP contribution is 2.37. The zero-order valence-corrected chi connectivity index (χ0v) is 10.4. The third kappa shape index (κ3) is 2.01. The number of carbonyl (C=O) groups excluding carboxylic acids is 1. The fourth-order valence-electron chi connectivity index (χ4n) is 2.76. The maximum absolute atomic E-state index is 12.3. The summed E-state index contributed by atoms with van der Waals surface area (Å²) < 4.78 is 0. The molecule has 3 fully saturated rings. The van der Waals surface area contributed by atoms with E-state index in [0.29, 0.717) is 11.9 Å². The van der Waals surface area contributed by atoms with E-state index in [1.165, 1.54) is 25.7 Å². The van der Waals surface area contributed by atoms with Gasteiger partial charge in [0.25, 0.3) is 0 Å². The molecule has 0 radical (unpaired) electrons. The highest BCUT2D eigenvalue weighted by Gasteiger charge is 2.41. The van der Waals surface area contributed by atoms with Crippen molar-refractivity contribution in [2.45, 2.75) is 45.6 Å². The maximum atomic E-state index is 12.3. The van der Waals surface area contributed by atoms with E-state index in [1.807, 2.05) is 13.8 Å². The predicted molar refractivity (Wildman–Crippen MR) is 62.0 cm³/mol. The number of piperidine rings is 2. The number of hydrogen-bond acceptors (Lipinski definition) is 1. The molecule has 0 atom stereocenters. The standard InChI is InChI=1S/C12H20ClNO/c1-12(2,8-13)11(15)14-7-9-3-5-10(14)6-4-9/h9-10H,3-8H2,1-2H3. The molecule has 2 heterocycles. The lowest BCUT2D eigenvalue weighted by Crippen LogP contribution is -2.54. The number of rotatable bonds is 2. The molecule has 0 N–H and O–H groups in total. The van der Waals surface area contributed by atoms with Crippen LogP contribution in [-0.2, 0) is 4.79 Å². The van der Waals surface area contributed by atoms with Gasteiger partial charge in [-0.3, -0.25) is 4.79 Å². The van der Waals surface area contributed by atoms with Crippen molar-refractivity contribution in [3.8, 4) is 0 Å². The minimum Gasteiger partial charge on any atom is -0.339 e. The highest BCUT2D eigenvalue weighted by atomic mass is 35.5. The largest absolute Gasteiger partial charge is 0.339 e. The van der Waals surface area contributed by atoms with Gasteiger partial charge in [-0.15, -0.1) is 11.6 Å². The Morgan fingerprint density at radius 2 is 1.93 bits per heavy atom. The first-order valence-corrected chi connectivity index (χ1v) is 6.45. The van der Waals surface area contributed by atoms with E-state index in [0.717, 1.165) is 12.5 Å². The van der Waals surface area contributed by atoms with E-state index in [1.54, 1.807) is 0 Å². The summed E-state index contributed by atoms with van der Waals surface area (Å²) in [6.07, 6.45) is 5.04. The van der Waals surface area contributed by atoms with E-state index in [4.69, 9.17) is 11.6 Å². The minimum atomic E-state index is -0.390. The molecule has 2 nitrogen and oxygen atoms in total. The topological polar surface area (TPSA) is 20.3 Å². The normalized spacial score (nSPS) is 30.7. The summed E-state index contributed by atoms with van der Waals surface area (Å²) in [5.41, 5.74) is -0.390. The molecule has 0 unspecified atom stereocenters. The smallest absolute Gasteiger partial charge is 0.229 e. The van der Waals surface area contributed by atoms with Crippen LogP contribution in [0.15, 0.2) is 0 Å². The monoisotopic (exact) mass is 229 g/mol. The van der Waals surface area contributed by atoms with Crippen molar-refractivity contribution < 1.29 is 4.79 Å². The zero-order valence-electron chi connectivity index (χ0n) is 9.63. The molecule has 0 aromatic carbocycles. The first-order valence-electron chi connectivity index (χ1n) is 5.91. The Kier molecular flexibility index (Phi) is 2.98. The Balaban J connectivity index is 2.08. The summed E-state index contributed by atoms with van der Waals surface area (Å²) in [7, 11) is 0. The summed E-state index contributed by atoms with van der Waals surface area (Å²) in [6.45, 7) is 4.87. The van der Waals surface area contributed by atoms with Crippen LogP contribution in [0.5, 0.6) is 0 Å². The molecule has 0 aromatic heterocycles. The average molecular weight is 230 g/mol. The Bertz CT molecular complexity index is 256. The maximum Gasteiger partial charge on any atom is 0.229 e. The van der Waals surface area contributed by atoms with Crippen LogP contribution < -0.4 is 0 Å². The van der Waals surface area contributed by atoms with E-state index in [9.17, 15) is 4.79 Å². The summed E-state index contributed by atoms with van der Waals surface area (Å²) in [6, 6.07) is 0.505. The van der Waals surface area contributed by atoms with Gasteiger partial charge in [0.15, 0.2) is 0 Å². The van der Waals surface area contributed by atoms with Gasteiger partial charge in [0, 0.05) is 18.5 Å². The fraction of sp³-hybridized carbons (Fsp3) is 0.917. The molecule has 1 aliphatic carbocycles. The molecule has 2 aliphatic heterocycles. The molecule has 0 spiro atoms. The van der Waals surface area contributed by atoms with Crippen LogP contribution in [0.1, 0.15) is 39.5 Å². The van der Waals surface area contributed by atoms with Gasteiger partial charge in [-0.2, -0.15) is 0 Å². The van der Waals surface area contributed by atoms with Crippen LogP contribution in [0.4, 0.5) is 0 Å². The van der Waals surface area contributed by atoms with Crippen molar-refractivity contribution in [2.75, 3.05) is 12.4 Å². The second-order valence-corrected chi connectivity index (χ2v) is 5.92. The first-order chi connectivity index (χ1) is 7.04. The molecular formula is C12H20ClNO. The van der Waals surface area contributed by atoms with Crippen LogP contribution in [0.3, 0.4) is 0 Å². The van der Waals surface area contributed by atoms with Crippen molar-refractivity contribution in [3.63, 3.8) is 0 Å². The van der Waals surface area contributed by atoms with Gasteiger partial charge < -0.3 is 4.90 Å². The van der Waals surface area contributed by atoms with Crippen molar-refractivity contribution >= 4 is 17.5 Å². The number of fused-ring (bicyclic) bond motifs is 3. The van der Waals surface area contributed by atoms with Gasteiger partial charge in [-0.1, -0.05) is 0 Å². The number of nitrogens with zero attached hydrogens (tertiary/aromatic N) is 1. The van der Waals surface area contributed by atoms with Gasteiger partial charge in [-0.05, 0) is 45.4 Å². The van der Waals surface area contributed by atoms with Gasteiger partial charge in [0.2, 0.25) is 5.91 Å².